The first-order valence-electron chi connectivity index (χ1n) is 7.52. The summed E-state index contributed by atoms with van der Waals surface area (Å²) in [6.07, 6.45) is 1.64. The number of nitrogens with zero attached hydrogens (tertiary/aromatic N) is 1. The van der Waals surface area contributed by atoms with Gasteiger partial charge in [-0.1, -0.05) is 13.8 Å². The third kappa shape index (κ3) is 3.34. The zero-order valence-corrected chi connectivity index (χ0v) is 12.6. The van der Waals surface area contributed by atoms with Crippen LogP contribution in [0.5, 0.6) is 0 Å². The first kappa shape index (κ1) is 15.8. The van der Waals surface area contributed by atoms with Gasteiger partial charge in [0.2, 0.25) is 17.7 Å². The fourth-order valence-corrected chi connectivity index (χ4v) is 2.95. The maximum absolute atomic E-state index is 12.3. The molecule has 2 aliphatic rings. The zero-order valence-electron chi connectivity index (χ0n) is 12.6. The molecule has 3 amide bonds. The Morgan fingerprint density at radius 2 is 2.19 bits per heavy atom. The molecule has 2 heterocycles. The maximum atomic E-state index is 12.3. The van der Waals surface area contributed by atoms with Crippen molar-refractivity contribution in [2.24, 2.45) is 17.6 Å². The fourth-order valence-electron chi connectivity index (χ4n) is 2.95. The highest BCUT2D eigenvalue weighted by Gasteiger charge is 2.42. The van der Waals surface area contributed by atoms with Gasteiger partial charge in [-0.25, -0.2) is 0 Å². The molecule has 2 unspecified atom stereocenters. The molecule has 7 nitrogen and oxygen atoms in total. The molecule has 0 aromatic rings. The van der Waals surface area contributed by atoms with Crippen molar-refractivity contribution in [1.29, 1.82) is 0 Å². The minimum atomic E-state index is -0.610. The molecule has 2 rings (SSSR count). The summed E-state index contributed by atoms with van der Waals surface area (Å²) in [6.45, 7) is 4.81. The van der Waals surface area contributed by atoms with Crippen molar-refractivity contribution in [2.45, 2.75) is 38.8 Å². The Kier molecular flexibility index (Phi) is 4.82. The minimum Gasteiger partial charge on any atom is -0.354 e. The topological polar surface area (TPSA) is 105 Å². The lowest BCUT2D eigenvalue weighted by molar-refractivity contribution is -0.138. The molecule has 7 heteroatoms. The second-order valence-electron chi connectivity index (χ2n) is 6.14. The highest BCUT2D eigenvalue weighted by atomic mass is 16.2. The maximum Gasteiger partial charge on any atom is 0.242 e. The third-order valence-corrected chi connectivity index (χ3v) is 4.36. The molecule has 118 valence electrons. The normalized spacial score (nSPS) is 26.3. The number of nitrogens with one attached hydrogen (secondary N) is 2. The lowest BCUT2D eigenvalue weighted by Gasteiger charge is -2.36. The van der Waals surface area contributed by atoms with Crippen molar-refractivity contribution in [3.8, 4) is 0 Å². The largest absolute Gasteiger partial charge is 0.354 e. The van der Waals surface area contributed by atoms with Crippen LogP contribution in [0.4, 0.5) is 0 Å². The predicted octanol–water partition coefficient (Wildman–Crippen LogP) is -1.18. The number of hydrogen-bond acceptors (Lipinski definition) is 4. The van der Waals surface area contributed by atoms with E-state index >= 15 is 0 Å². The molecule has 3 atom stereocenters. The average molecular weight is 296 g/mol. The Balaban J connectivity index is 1.88. The van der Waals surface area contributed by atoms with E-state index in [2.05, 4.69) is 10.6 Å². The van der Waals surface area contributed by atoms with Gasteiger partial charge in [-0.2, -0.15) is 0 Å². The van der Waals surface area contributed by atoms with Crippen molar-refractivity contribution < 1.29 is 14.4 Å². The quantitative estimate of drug-likeness (QED) is 0.607. The van der Waals surface area contributed by atoms with Crippen LogP contribution in [0.25, 0.3) is 0 Å². The molecular formula is C14H24N4O3. The first-order valence-corrected chi connectivity index (χ1v) is 7.52. The van der Waals surface area contributed by atoms with Crippen molar-refractivity contribution in [1.82, 2.24) is 15.5 Å². The lowest BCUT2D eigenvalue weighted by Crippen LogP contribution is -2.53. The Morgan fingerprint density at radius 1 is 1.48 bits per heavy atom. The van der Waals surface area contributed by atoms with Crippen molar-refractivity contribution >= 4 is 17.7 Å². The number of piperidine rings is 1. The van der Waals surface area contributed by atoms with Crippen LogP contribution >= 0.6 is 0 Å². The summed E-state index contributed by atoms with van der Waals surface area (Å²) >= 11 is 0. The van der Waals surface area contributed by atoms with E-state index in [4.69, 9.17) is 5.73 Å². The Bertz CT molecular complexity index is 438. The second kappa shape index (κ2) is 6.43. The summed E-state index contributed by atoms with van der Waals surface area (Å²) in [5.41, 5.74) is 5.74. The van der Waals surface area contributed by atoms with E-state index in [0.29, 0.717) is 13.1 Å². The molecule has 0 saturated carbocycles. The van der Waals surface area contributed by atoms with Gasteiger partial charge >= 0.3 is 0 Å². The number of fused-ring (bicyclic) bond motifs is 1. The predicted molar refractivity (Wildman–Crippen MR) is 77.1 cm³/mol. The van der Waals surface area contributed by atoms with Crippen LogP contribution < -0.4 is 16.4 Å². The summed E-state index contributed by atoms with van der Waals surface area (Å²) in [5.74, 6) is -0.506. The molecule has 0 aromatic carbocycles. The highest BCUT2D eigenvalue weighted by Crippen LogP contribution is 2.27. The SMILES string of the molecule is CC(C)[C@H](N)C(=O)NCC(=O)N1CCCC2C(=O)NCC21. The van der Waals surface area contributed by atoms with E-state index in [1.165, 1.54) is 0 Å². The van der Waals surface area contributed by atoms with Crippen LogP contribution in [-0.4, -0.2) is 54.3 Å². The van der Waals surface area contributed by atoms with E-state index in [-0.39, 0.29) is 42.1 Å². The smallest absolute Gasteiger partial charge is 0.242 e. The van der Waals surface area contributed by atoms with E-state index in [0.717, 1.165) is 12.8 Å². The summed E-state index contributed by atoms with van der Waals surface area (Å²) in [4.78, 5) is 37.4. The van der Waals surface area contributed by atoms with Gasteiger partial charge in [0.05, 0.1) is 24.5 Å². The number of rotatable bonds is 4. The molecule has 4 N–H and O–H groups in total. The fraction of sp³-hybridized carbons (Fsp3) is 0.786. The van der Waals surface area contributed by atoms with E-state index in [1.54, 1.807) is 4.90 Å². The molecule has 2 fully saturated rings. The van der Waals surface area contributed by atoms with Crippen molar-refractivity contribution in [2.75, 3.05) is 19.6 Å². The molecule has 0 aliphatic carbocycles. The van der Waals surface area contributed by atoms with E-state index < -0.39 is 6.04 Å². The molecule has 0 spiro atoms. The zero-order chi connectivity index (χ0) is 15.6. The monoisotopic (exact) mass is 296 g/mol. The van der Waals surface area contributed by atoms with Gasteiger partial charge in [0.1, 0.15) is 0 Å². The van der Waals surface area contributed by atoms with Crippen LogP contribution in [-0.2, 0) is 14.4 Å². The summed E-state index contributed by atoms with van der Waals surface area (Å²) < 4.78 is 0. The standard InChI is InChI=1S/C14H24N4O3/c1-8(2)12(15)14(21)17-7-11(19)18-5-3-4-9-10(18)6-16-13(9)20/h8-10,12H,3-7,15H2,1-2H3,(H,16,20)(H,17,21)/t9?,10?,12-/m0/s1. The van der Waals surface area contributed by atoms with Crippen LogP contribution in [0.15, 0.2) is 0 Å². The Morgan fingerprint density at radius 3 is 2.86 bits per heavy atom. The third-order valence-electron chi connectivity index (χ3n) is 4.36. The Hall–Kier alpha value is -1.63. The van der Waals surface area contributed by atoms with Gasteiger partial charge < -0.3 is 21.3 Å². The van der Waals surface area contributed by atoms with Crippen molar-refractivity contribution in [3.05, 3.63) is 0 Å². The number of amides is 3. The number of carbonyl (C=O) groups excluding carboxylic acids is 3. The van der Waals surface area contributed by atoms with Gasteiger partial charge in [0.15, 0.2) is 0 Å². The summed E-state index contributed by atoms with van der Waals surface area (Å²) in [7, 11) is 0. The summed E-state index contributed by atoms with van der Waals surface area (Å²) in [5, 5.41) is 5.40. The van der Waals surface area contributed by atoms with Crippen LogP contribution in [0, 0.1) is 11.8 Å². The molecule has 21 heavy (non-hydrogen) atoms. The van der Waals surface area contributed by atoms with Gasteiger partial charge in [-0.15, -0.1) is 0 Å². The minimum absolute atomic E-state index is 0.0242. The van der Waals surface area contributed by atoms with Gasteiger partial charge in [-0.3, -0.25) is 14.4 Å². The molecule has 0 bridgehead atoms. The lowest BCUT2D eigenvalue weighted by atomic mass is 9.91. The van der Waals surface area contributed by atoms with Gasteiger partial charge in [-0.05, 0) is 18.8 Å². The first-order chi connectivity index (χ1) is 9.91. The van der Waals surface area contributed by atoms with E-state index in [1.807, 2.05) is 13.8 Å². The van der Waals surface area contributed by atoms with Crippen LogP contribution in [0.1, 0.15) is 26.7 Å². The molecule has 2 saturated heterocycles. The molecule has 0 radical (unpaired) electrons. The molecular weight excluding hydrogens is 272 g/mol. The van der Waals surface area contributed by atoms with Crippen LogP contribution in [0.3, 0.4) is 0 Å². The van der Waals surface area contributed by atoms with E-state index in [9.17, 15) is 14.4 Å². The highest BCUT2D eigenvalue weighted by molar-refractivity contribution is 5.89. The molecule has 0 aromatic heterocycles. The number of hydrogen-bond donors (Lipinski definition) is 3. The molecule has 2 aliphatic heterocycles. The number of nitrogens with two attached hydrogens (primary N) is 1. The summed E-state index contributed by atoms with van der Waals surface area (Å²) in [6, 6.07) is -0.684. The van der Waals surface area contributed by atoms with Crippen molar-refractivity contribution in [3.63, 3.8) is 0 Å². The Labute approximate surface area is 124 Å². The average Bonchev–Trinajstić information content (AvgIpc) is 2.85. The van der Waals surface area contributed by atoms with Crippen LogP contribution in [0.2, 0.25) is 0 Å². The second-order valence-corrected chi connectivity index (χ2v) is 6.14. The number of carbonyl (C=O) groups is 3. The van der Waals surface area contributed by atoms with Gasteiger partial charge in [0, 0.05) is 13.1 Å². The van der Waals surface area contributed by atoms with Gasteiger partial charge in [0.25, 0.3) is 0 Å². The number of likely N-dealkylation sites (tertiary alicyclic amines) is 1.